The number of halogens is 1. The van der Waals surface area contributed by atoms with Gasteiger partial charge in [-0.2, -0.15) is 0 Å². The van der Waals surface area contributed by atoms with Gasteiger partial charge in [-0.25, -0.2) is 4.39 Å². The highest BCUT2D eigenvalue weighted by atomic mass is 19.1. The van der Waals surface area contributed by atoms with Crippen LogP contribution in [0, 0.1) is 11.7 Å². The van der Waals surface area contributed by atoms with Gasteiger partial charge in [-0.3, -0.25) is 9.59 Å². The fourth-order valence-electron chi connectivity index (χ4n) is 3.36. The molecule has 3 rings (SSSR count). The predicted octanol–water partition coefficient (Wildman–Crippen LogP) is 4.08. The molecule has 2 aromatic rings. The van der Waals surface area contributed by atoms with E-state index in [0.717, 1.165) is 36.2 Å². The number of benzene rings is 2. The molecule has 1 heterocycles. The van der Waals surface area contributed by atoms with Crippen molar-refractivity contribution in [2.45, 2.75) is 39.7 Å². The standard InChI is InChI=1S/C22H25FN2O2/c1-15(2)12-21(26)25-11-3-4-18-13-16(5-10-20(18)25)14-24-22(27)17-6-8-19(23)9-7-17/h5-10,13,15H,3-4,11-12,14H2,1-2H3,(H,24,27). The number of nitrogens with zero attached hydrogens (tertiary/aromatic N) is 1. The van der Waals surface area contributed by atoms with Crippen molar-refractivity contribution in [3.63, 3.8) is 0 Å². The highest BCUT2D eigenvalue weighted by Gasteiger charge is 2.23. The van der Waals surface area contributed by atoms with Crippen LogP contribution in [-0.4, -0.2) is 18.4 Å². The van der Waals surface area contributed by atoms with Crippen LogP contribution in [0.25, 0.3) is 0 Å². The van der Waals surface area contributed by atoms with Crippen LogP contribution >= 0.6 is 0 Å². The summed E-state index contributed by atoms with van der Waals surface area (Å²) in [4.78, 5) is 26.6. The zero-order chi connectivity index (χ0) is 19.4. The summed E-state index contributed by atoms with van der Waals surface area (Å²) in [5, 5.41) is 2.86. The number of fused-ring (bicyclic) bond motifs is 1. The minimum absolute atomic E-state index is 0.170. The van der Waals surface area contributed by atoms with Crippen LogP contribution in [0.5, 0.6) is 0 Å². The van der Waals surface area contributed by atoms with Gasteiger partial charge in [0.25, 0.3) is 5.91 Å². The minimum atomic E-state index is -0.363. The minimum Gasteiger partial charge on any atom is -0.348 e. The summed E-state index contributed by atoms with van der Waals surface area (Å²) in [7, 11) is 0. The van der Waals surface area contributed by atoms with Crippen molar-refractivity contribution in [1.29, 1.82) is 0 Å². The summed E-state index contributed by atoms with van der Waals surface area (Å²) in [6, 6.07) is 11.5. The third-order valence-electron chi connectivity index (χ3n) is 4.71. The molecule has 2 aromatic carbocycles. The smallest absolute Gasteiger partial charge is 0.251 e. The largest absolute Gasteiger partial charge is 0.348 e. The summed E-state index contributed by atoms with van der Waals surface area (Å²) in [5.74, 6) is -0.0913. The van der Waals surface area contributed by atoms with Gasteiger partial charge in [0.15, 0.2) is 0 Å². The van der Waals surface area contributed by atoms with E-state index in [-0.39, 0.29) is 17.6 Å². The Kier molecular flexibility index (Phi) is 5.89. The van der Waals surface area contributed by atoms with Crippen LogP contribution in [0.2, 0.25) is 0 Å². The fraction of sp³-hybridized carbons (Fsp3) is 0.364. The SMILES string of the molecule is CC(C)CC(=O)N1CCCc2cc(CNC(=O)c3ccc(F)cc3)ccc21. The molecule has 0 saturated carbocycles. The summed E-state index contributed by atoms with van der Waals surface area (Å²) < 4.78 is 13.0. The molecule has 0 atom stereocenters. The van der Waals surface area contributed by atoms with Crippen molar-refractivity contribution in [1.82, 2.24) is 5.32 Å². The van der Waals surface area contributed by atoms with Crippen molar-refractivity contribution in [3.8, 4) is 0 Å². The van der Waals surface area contributed by atoms with Gasteiger partial charge in [0, 0.05) is 30.8 Å². The summed E-state index contributed by atoms with van der Waals surface area (Å²) in [6.07, 6.45) is 2.43. The molecular formula is C22H25FN2O2. The number of nitrogens with one attached hydrogen (secondary N) is 1. The molecule has 0 radical (unpaired) electrons. The summed E-state index contributed by atoms with van der Waals surface area (Å²) in [5.41, 5.74) is 3.55. The molecule has 5 heteroatoms. The van der Waals surface area contributed by atoms with Gasteiger partial charge in [-0.05, 0) is 60.2 Å². The van der Waals surface area contributed by atoms with Crippen LogP contribution in [0.3, 0.4) is 0 Å². The third kappa shape index (κ3) is 4.73. The van der Waals surface area contributed by atoms with Crippen molar-refractivity contribution in [2.75, 3.05) is 11.4 Å². The van der Waals surface area contributed by atoms with Crippen molar-refractivity contribution >= 4 is 17.5 Å². The average Bonchev–Trinajstić information content (AvgIpc) is 2.65. The van der Waals surface area contributed by atoms with E-state index < -0.39 is 0 Å². The molecule has 0 fully saturated rings. The molecule has 0 aromatic heterocycles. The maximum absolute atomic E-state index is 13.0. The third-order valence-corrected chi connectivity index (χ3v) is 4.71. The Morgan fingerprint density at radius 1 is 1.15 bits per heavy atom. The molecule has 142 valence electrons. The Morgan fingerprint density at radius 2 is 1.89 bits per heavy atom. The zero-order valence-electron chi connectivity index (χ0n) is 15.8. The Balaban J connectivity index is 1.67. The van der Waals surface area contributed by atoms with Crippen molar-refractivity contribution in [3.05, 3.63) is 65.0 Å². The average molecular weight is 368 g/mol. The number of carbonyl (C=O) groups excluding carboxylic acids is 2. The second-order valence-electron chi connectivity index (χ2n) is 7.40. The Hall–Kier alpha value is -2.69. The molecule has 0 aliphatic carbocycles. The Morgan fingerprint density at radius 3 is 2.59 bits per heavy atom. The number of hydrogen-bond donors (Lipinski definition) is 1. The van der Waals surface area contributed by atoms with Gasteiger partial charge in [0.2, 0.25) is 5.91 Å². The lowest BCUT2D eigenvalue weighted by Crippen LogP contribution is -2.36. The van der Waals surface area contributed by atoms with Gasteiger partial charge < -0.3 is 10.2 Å². The first-order chi connectivity index (χ1) is 12.9. The normalized spacial score (nSPS) is 13.4. The van der Waals surface area contributed by atoms with Gasteiger partial charge >= 0.3 is 0 Å². The van der Waals surface area contributed by atoms with E-state index in [0.29, 0.717) is 24.4 Å². The topological polar surface area (TPSA) is 49.4 Å². The number of rotatable bonds is 5. The van der Waals surface area contributed by atoms with E-state index in [2.05, 4.69) is 25.2 Å². The van der Waals surface area contributed by atoms with E-state index in [1.807, 2.05) is 17.0 Å². The molecule has 1 aliphatic rings. The molecule has 4 nitrogen and oxygen atoms in total. The zero-order valence-corrected chi connectivity index (χ0v) is 15.8. The van der Waals surface area contributed by atoms with Crippen molar-refractivity contribution in [2.24, 2.45) is 5.92 Å². The van der Waals surface area contributed by atoms with E-state index >= 15 is 0 Å². The maximum atomic E-state index is 13.0. The second kappa shape index (κ2) is 8.33. The number of anilines is 1. The molecule has 27 heavy (non-hydrogen) atoms. The van der Waals surface area contributed by atoms with Gasteiger partial charge in [-0.15, -0.1) is 0 Å². The van der Waals surface area contributed by atoms with Gasteiger partial charge in [0.05, 0.1) is 0 Å². The maximum Gasteiger partial charge on any atom is 0.251 e. The van der Waals surface area contributed by atoms with Crippen LogP contribution in [0.1, 0.15) is 48.2 Å². The molecule has 0 bridgehead atoms. The van der Waals surface area contributed by atoms with Crippen LogP contribution in [0.4, 0.5) is 10.1 Å². The van der Waals surface area contributed by atoms with Crippen LogP contribution in [-0.2, 0) is 17.8 Å². The first kappa shape index (κ1) is 19.1. The molecular weight excluding hydrogens is 343 g/mol. The predicted molar refractivity (Wildman–Crippen MR) is 104 cm³/mol. The van der Waals surface area contributed by atoms with Crippen LogP contribution in [0.15, 0.2) is 42.5 Å². The number of hydrogen-bond acceptors (Lipinski definition) is 2. The molecule has 1 N–H and O–H groups in total. The quantitative estimate of drug-likeness (QED) is 0.864. The number of aryl methyl sites for hydroxylation is 1. The molecule has 0 saturated heterocycles. The van der Waals surface area contributed by atoms with E-state index in [1.165, 1.54) is 24.3 Å². The first-order valence-corrected chi connectivity index (χ1v) is 9.40. The van der Waals surface area contributed by atoms with Crippen LogP contribution < -0.4 is 10.2 Å². The second-order valence-corrected chi connectivity index (χ2v) is 7.40. The highest BCUT2D eigenvalue weighted by Crippen LogP contribution is 2.29. The lowest BCUT2D eigenvalue weighted by Gasteiger charge is -2.30. The monoisotopic (exact) mass is 368 g/mol. The van der Waals surface area contributed by atoms with Gasteiger partial charge in [0.1, 0.15) is 5.82 Å². The summed E-state index contributed by atoms with van der Waals surface area (Å²) in [6.45, 7) is 5.26. The molecule has 0 unspecified atom stereocenters. The van der Waals surface area contributed by atoms with Crippen molar-refractivity contribution < 1.29 is 14.0 Å². The Labute approximate surface area is 159 Å². The van der Waals surface area contributed by atoms with E-state index in [9.17, 15) is 14.0 Å². The fourth-order valence-corrected chi connectivity index (χ4v) is 3.36. The Bertz CT molecular complexity index is 831. The van der Waals surface area contributed by atoms with Gasteiger partial charge in [-0.1, -0.05) is 26.0 Å². The number of amides is 2. The highest BCUT2D eigenvalue weighted by molar-refractivity contribution is 5.95. The molecule has 1 aliphatic heterocycles. The molecule has 2 amide bonds. The van der Waals surface area contributed by atoms with E-state index in [4.69, 9.17) is 0 Å². The molecule has 0 spiro atoms. The lowest BCUT2D eigenvalue weighted by atomic mass is 9.98. The summed E-state index contributed by atoms with van der Waals surface area (Å²) >= 11 is 0. The lowest BCUT2D eigenvalue weighted by molar-refractivity contribution is -0.119. The first-order valence-electron chi connectivity index (χ1n) is 9.40. The number of carbonyl (C=O) groups is 2. The van der Waals surface area contributed by atoms with E-state index in [1.54, 1.807) is 0 Å².